The lowest BCUT2D eigenvalue weighted by atomic mass is 10.1. The Hall–Kier alpha value is -3.98. The van der Waals surface area contributed by atoms with Crippen molar-refractivity contribution in [2.45, 2.75) is 24.4 Å². The predicted octanol–water partition coefficient (Wildman–Crippen LogP) is 5.53. The number of likely N-dealkylation sites (N-methyl/N-ethyl adjacent to an activating group) is 1. The predicted molar refractivity (Wildman–Crippen MR) is 154 cm³/mol. The summed E-state index contributed by atoms with van der Waals surface area (Å²) in [5.74, 6) is 3.82. The number of carbonyl (C=O) groups is 1. The van der Waals surface area contributed by atoms with Gasteiger partial charge in [-0.2, -0.15) is 0 Å². The summed E-state index contributed by atoms with van der Waals surface area (Å²) < 4.78 is 18.1. The van der Waals surface area contributed by atoms with Crippen LogP contribution in [0, 0.1) is 0 Å². The second-order valence-corrected chi connectivity index (χ2v) is 9.97. The van der Waals surface area contributed by atoms with E-state index in [1.807, 2.05) is 79.8 Å². The Labute approximate surface area is 233 Å². The Morgan fingerprint density at radius 2 is 1.64 bits per heavy atom. The maximum absolute atomic E-state index is 12.8. The van der Waals surface area contributed by atoms with Crippen LogP contribution in [0.4, 0.5) is 0 Å². The van der Waals surface area contributed by atoms with E-state index in [4.69, 9.17) is 14.2 Å². The summed E-state index contributed by atoms with van der Waals surface area (Å²) in [6.07, 6.45) is 1.95. The van der Waals surface area contributed by atoms with Gasteiger partial charge in [-0.05, 0) is 54.8 Å². The molecule has 0 unspecified atom stereocenters. The molecule has 8 nitrogen and oxygen atoms in total. The number of thioether (sulfide) groups is 1. The van der Waals surface area contributed by atoms with Gasteiger partial charge in [0.2, 0.25) is 5.91 Å². The molecule has 204 valence electrons. The van der Waals surface area contributed by atoms with E-state index in [-0.39, 0.29) is 5.91 Å². The third kappa shape index (κ3) is 7.11. The second kappa shape index (κ2) is 13.7. The maximum atomic E-state index is 12.8. The van der Waals surface area contributed by atoms with Crippen LogP contribution in [0.2, 0.25) is 0 Å². The first kappa shape index (κ1) is 28.0. The number of hydrogen-bond acceptors (Lipinski definition) is 7. The molecular weight excluding hydrogens is 512 g/mol. The lowest BCUT2D eigenvalue weighted by molar-refractivity contribution is -0.129. The van der Waals surface area contributed by atoms with Crippen molar-refractivity contribution in [3.8, 4) is 34.3 Å². The Morgan fingerprint density at radius 3 is 2.33 bits per heavy atom. The first-order chi connectivity index (χ1) is 19.0. The molecule has 1 amide bonds. The molecule has 0 aliphatic rings. The van der Waals surface area contributed by atoms with Gasteiger partial charge in [0.05, 0.1) is 21.3 Å². The monoisotopic (exact) mass is 546 g/mol. The van der Waals surface area contributed by atoms with E-state index in [2.05, 4.69) is 14.8 Å². The third-order valence-corrected chi connectivity index (χ3v) is 7.39. The van der Waals surface area contributed by atoms with E-state index < -0.39 is 0 Å². The number of ether oxygens (including phenoxy) is 3. The first-order valence-corrected chi connectivity index (χ1v) is 13.8. The zero-order valence-corrected chi connectivity index (χ0v) is 23.6. The van der Waals surface area contributed by atoms with Gasteiger partial charge in [0.1, 0.15) is 5.75 Å². The summed E-state index contributed by atoms with van der Waals surface area (Å²) in [6.45, 7) is 0.633. The van der Waals surface area contributed by atoms with Gasteiger partial charge < -0.3 is 19.1 Å². The van der Waals surface area contributed by atoms with Crippen LogP contribution in [0.15, 0.2) is 78.0 Å². The van der Waals surface area contributed by atoms with E-state index in [0.717, 1.165) is 52.1 Å². The molecule has 4 aromatic rings. The molecule has 3 aromatic carbocycles. The highest BCUT2D eigenvalue weighted by Crippen LogP contribution is 2.30. The largest absolute Gasteiger partial charge is 0.497 e. The van der Waals surface area contributed by atoms with Crippen LogP contribution in [-0.4, -0.2) is 66.2 Å². The van der Waals surface area contributed by atoms with Crippen LogP contribution in [0.1, 0.15) is 18.4 Å². The molecule has 0 atom stereocenters. The summed E-state index contributed by atoms with van der Waals surface area (Å²) in [5.41, 5.74) is 3.03. The molecule has 0 aliphatic carbocycles. The van der Waals surface area contributed by atoms with E-state index in [0.29, 0.717) is 24.5 Å². The third-order valence-electron chi connectivity index (χ3n) is 6.37. The molecule has 0 saturated carbocycles. The number of hydrogen-bond donors (Lipinski definition) is 0. The topological polar surface area (TPSA) is 78.7 Å². The van der Waals surface area contributed by atoms with Gasteiger partial charge >= 0.3 is 0 Å². The summed E-state index contributed by atoms with van der Waals surface area (Å²) in [6, 6.07) is 23.7. The molecule has 0 spiro atoms. The van der Waals surface area contributed by atoms with E-state index >= 15 is 0 Å². The smallest absolute Gasteiger partial charge is 0.222 e. The Morgan fingerprint density at radius 1 is 0.897 bits per heavy atom. The molecule has 0 fully saturated rings. The van der Waals surface area contributed by atoms with Crippen molar-refractivity contribution >= 4 is 17.7 Å². The van der Waals surface area contributed by atoms with E-state index in [1.54, 1.807) is 38.0 Å². The highest BCUT2D eigenvalue weighted by molar-refractivity contribution is 7.99. The minimum atomic E-state index is 0.123. The van der Waals surface area contributed by atoms with Crippen molar-refractivity contribution in [2.75, 3.05) is 40.7 Å². The van der Waals surface area contributed by atoms with Crippen LogP contribution in [0.3, 0.4) is 0 Å². The fourth-order valence-corrected chi connectivity index (χ4v) is 5.03. The van der Waals surface area contributed by atoms with Crippen molar-refractivity contribution in [2.24, 2.45) is 0 Å². The van der Waals surface area contributed by atoms with E-state index in [1.165, 1.54) is 0 Å². The van der Waals surface area contributed by atoms with Crippen LogP contribution >= 0.6 is 11.8 Å². The number of amides is 1. The minimum Gasteiger partial charge on any atom is -0.497 e. The Balaban J connectivity index is 1.34. The van der Waals surface area contributed by atoms with Gasteiger partial charge in [0.15, 0.2) is 22.5 Å². The molecule has 9 heteroatoms. The fraction of sp³-hybridized carbons (Fsp3) is 0.300. The van der Waals surface area contributed by atoms with Crippen molar-refractivity contribution in [1.29, 1.82) is 0 Å². The van der Waals surface area contributed by atoms with Crippen LogP contribution < -0.4 is 14.2 Å². The SMILES string of the molecule is COc1ccc(-n2c(SCCCC(=O)N(C)CCc3ccc(OC)c(OC)c3)nnc2-c2ccccc2)cc1. The number of benzene rings is 3. The fourth-order valence-electron chi connectivity index (χ4n) is 4.14. The molecule has 0 radical (unpaired) electrons. The van der Waals surface area contributed by atoms with Crippen molar-refractivity contribution in [3.63, 3.8) is 0 Å². The molecular formula is C30H34N4O4S. The van der Waals surface area contributed by atoms with Crippen molar-refractivity contribution in [3.05, 3.63) is 78.4 Å². The Bertz CT molecular complexity index is 1360. The molecule has 0 N–H and O–H groups in total. The number of methoxy groups -OCH3 is 3. The highest BCUT2D eigenvalue weighted by atomic mass is 32.2. The molecule has 1 heterocycles. The first-order valence-electron chi connectivity index (χ1n) is 12.8. The normalized spacial score (nSPS) is 10.8. The quantitative estimate of drug-likeness (QED) is 0.161. The van der Waals surface area contributed by atoms with Gasteiger partial charge in [-0.3, -0.25) is 9.36 Å². The second-order valence-electron chi connectivity index (χ2n) is 8.91. The van der Waals surface area contributed by atoms with Gasteiger partial charge in [-0.25, -0.2) is 0 Å². The van der Waals surface area contributed by atoms with Crippen LogP contribution in [0.25, 0.3) is 17.1 Å². The van der Waals surface area contributed by atoms with Crippen LogP contribution in [-0.2, 0) is 11.2 Å². The van der Waals surface area contributed by atoms with Gasteiger partial charge in [0.25, 0.3) is 0 Å². The number of nitrogens with zero attached hydrogens (tertiary/aromatic N) is 4. The van der Waals surface area contributed by atoms with Gasteiger partial charge in [0, 0.05) is 37.0 Å². The average molecular weight is 547 g/mol. The van der Waals surface area contributed by atoms with E-state index in [9.17, 15) is 4.79 Å². The van der Waals surface area contributed by atoms with Gasteiger partial charge in [-0.1, -0.05) is 48.2 Å². The summed E-state index contributed by atoms with van der Waals surface area (Å²) in [5, 5.41) is 9.76. The summed E-state index contributed by atoms with van der Waals surface area (Å²) >= 11 is 1.60. The van der Waals surface area contributed by atoms with Crippen molar-refractivity contribution < 1.29 is 19.0 Å². The standard InChI is InChI=1S/C30H34N4O4S/c1-33(19-18-22-12-17-26(37-3)27(21-22)38-4)28(35)11-8-20-39-30-32-31-29(23-9-6-5-7-10-23)34(30)24-13-15-25(36-2)16-14-24/h5-7,9-10,12-17,21H,8,11,18-20H2,1-4H3. The molecule has 4 rings (SSSR count). The zero-order valence-electron chi connectivity index (χ0n) is 22.8. The molecule has 0 bridgehead atoms. The molecule has 1 aromatic heterocycles. The Kier molecular flexibility index (Phi) is 9.85. The number of rotatable bonds is 13. The summed E-state index contributed by atoms with van der Waals surface area (Å²) in [7, 11) is 6.74. The average Bonchev–Trinajstić information content (AvgIpc) is 3.42. The molecule has 0 saturated heterocycles. The van der Waals surface area contributed by atoms with Crippen molar-refractivity contribution in [1.82, 2.24) is 19.7 Å². The molecule has 0 aliphatic heterocycles. The highest BCUT2D eigenvalue weighted by Gasteiger charge is 2.17. The minimum absolute atomic E-state index is 0.123. The number of aromatic nitrogens is 3. The zero-order chi connectivity index (χ0) is 27.6. The van der Waals surface area contributed by atoms with Crippen LogP contribution in [0.5, 0.6) is 17.2 Å². The van der Waals surface area contributed by atoms with Gasteiger partial charge in [-0.15, -0.1) is 10.2 Å². The lowest BCUT2D eigenvalue weighted by Crippen LogP contribution is -2.28. The molecule has 39 heavy (non-hydrogen) atoms. The lowest BCUT2D eigenvalue weighted by Gasteiger charge is -2.18. The summed E-state index contributed by atoms with van der Waals surface area (Å²) in [4.78, 5) is 14.6. The number of carbonyl (C=O) groups excluding carboxylic acids is 1. The maximum Gasteiger partial charge on any atom is 0.222 e.